The number of carbonyl (C=O) groups excluding carboxylic acids is 1. The van der Waals surface area contributed by atoms with Crippen LogP contribution in [-0.2, 0) is 0 Å². The fourth-order valence-corrected chi connectivity index (χ4v) is 3.22. The third-order valence-electron chi connectivity index (χ3n) is 4.59. The van der Waals surface area contributed by atoms with Gasteiger partial charge in [0.05, 0.1) is 12.0 Å². The lowest BCUT2D eigenvalue weighted by molar-refractivity contribution is 0.0936. The Morgan fingerprint density at radius 2 is 2.00 bits per heavy atom. The van der Waals surface area contributed by atoms with Crippen LogP contribution in [0.4, 0.5) is 4.79 Å². The highest BCUT2D eigenvalue weighted by Gasteiger charge is 2.27. The number of carboxylic acid groups (broad SMARTS) is 1. The Kier molecular flexibility index (Phi) is 4.04. The van der Waals surface area contributed by atoms with Crippen molar-refractivity contribution in [2.45, 2.75) is 12.5 Å². The molecule has 0 unspecified atom stereocenters. The van der Waals surface area contributed by atoms with Crippen LogP contribution in [0.5, 0.6) is 0 Å². The van der Waals surface area contributed by atoms with Gasteiger partial charge in [-0.15, -0.1) is 0 Å². The van der Waals surface area contributed by atoms with Crippen molar-refractivity contribution in [2.75, 3.05) is 13.1 Å². The molecule has 7 nitrogen and oxygen atoms in total. The summed E-state index contributed by atoms with van der Waals surface area (Å²) < 4.78 is 5.39. The van der Waals surface area contributed by atoms with Crippen molar-refractivity contribution in [3.63, 3.8) is 0 Å². The van der Waals surface area contributed by atoms with Crippen LogP contribution in [-0.4, -0.2) is 46.1 Å². The second-order valence-corrected chi connectivity index (χ2v) is 6.26. The zero-order chi connectivity index (χ0) is 18.1. The number of hydrogen-bond donors (Lipinski definition) is 2. The highest BCUT2D eigenvalue weighted by atomic mass is 16.4. The summed E-state index contributed by atoms with van der Waals surface area (Å²) in [5, 5.41) is 12.8. The van der Waals surface area contributed by atoms with Crippen molar-refractivity contribution in [3.8, 4) is 11.3 Å². The molecule has 3 heterocycles. The normalized spacial score (nSPS) is 16.8. The number of hydrogen-bond acceptors (Lipinski definition) is 4. The Balaban J connectivity index is 1.48. The molecular formula is C19H17N3O4. The van der Waals surface area contributed by atoms with Crippen molar-refractivity contribution in [3.05, 3.63) is 54.4 Å². The summed E-state index contributed by atoms with van der Waals surface area (Å²) in [6.07, 6.45) is 2.99. The van der Waals surface area contributed by atoms with Crippen molar-refractivity contribution in [2.24, 2.45) is 0 Å². The van der Waals surface area contributed by atoms with Gasteiger partial charge in [0.15, 0.2) is 0 Å². The van der Waals surface area contributed by atoms with Crippen molar-refractivity contribution < 1.29 is 19.1 Å². The number of pyridine rings is 1. The van der Waals surface area contributed by atoms with Crippen molar-refractivity contribution in [1.29, 1.82) is 0 Å². The lowest BCUT2D eigenvalue weighted by Gasteiger charge is -2.14. The van der Waals surface area contributed by atoms with E-state index in [-0.39, 0.29) is 11.9 Å². The molecule has 1 aliphatic heterocycles. The van der Waals surface area contributed by atoms with Crippen molar-refractivity contribution >= 4 is 23.0 Å². The molecule has 4 rings (SSSR count). The minimum atomic E-state index is -0.952. The first-order valence-electron chi connectivity index (χ1n) is 8.33. The molecule has 0 radical (unpaired) electrons. The Hall–Kier alpha value is -3.35. The molecule has 1 atom stereocenters. The van der Waals surface area contributed by atoms with Crippen LogP contribution in [0.25, 0.3) is 22.2 Å². The minimum Gasteiger partial charge on any atom is -0.465 e. The summed E-state index contributed by atoms with van der Waals surface area (Å²) in [6, 6.07) is 10.7. The van der Waals surface area contributed by atoms with E-state index >= 15 is 0 Å². The number of likely N-dealkylation sites (tertiary alicyclic amines) is 1. The van der Waals surface area contributed by atoms with Crippen LogP contribution in [0, 0.1) is 0 Å². The number of aromatic nitrogens is 1. The van der Waals surface area contributed by atoms with E-state index in [1.807, 2.05) is 24.3 Å². The molecule has 132 valence electrons. The second-order valence-electron chi connectivity index (χ2n) is 6.26. The Labute approximate surface area is 149 Å². The summed E-state index contributed by atoms with van der Waals surface area (Å²) in [5.41, 5.74) is 2.99. The number of benzene rings is 1. The summed E-state index contributed by atoms with van der Waals surface area (Å²) in [5.74, 6) is -0.205. The van der Waals surface area contributed by atoms with E-state index in [0.29, 0.717) is 25.1 Å². The fourth-order valence-electron chi connectivity index (χ4n) is 3.22. The molecule has 26 heavy (non-hydrogen) atoms. The first-order valence-corrected chi connectivity index (χ1v) is 8.33. The van der Waals surface area contributed by atoms with Crippen LogP contribution >= 0.6 is 0 Å². The zero-order valence-electron chi connectivity index (χ0n) is 13.9. The average molecular weight is 351 g/mol. The number of carbonyl (C=O) groups is 2. The molecule has 1 fully saturated rings. The number of nitrogens with zero attached hydrogens (tertiary/aromatic N) is 2. The van der Waals surface area contributed by atoms with E-state index in [4.69, 9.17) is 9.52 Å². The highest BCUT2D eigenvalue weighted by molar-refractivity contribution is 5.96. The largest absolute Gasteiger partial charge is 0.465 e. The number of rotatable bonds is 3. The SMILES string of the molecule is O=C(N[C@H]1CCN(C(=O)O)C1)c1ccc(-c2nccc3occc23)cc1. The van der Waals surface area contributed by atoms with E-state index in [9.17, 15) is 9.59 Å². The number of fused-ring (bicyclic) bond motifs is 1. The topological polar surface area (TPSA) is 95.7 Å². The average Bonchev–Trinajstić information content (AvgIpc) is 3.30. The van der Waals surface area contributed by atoms with Crippen LogP contribution < -0.4 is 5.32 Å². The van der Waals surface area contributed by atoms with Crippen LogP contribution in [0.15, 0.2) is 53.3 Å². The van der Waals surface area contributed by atoms with Gasteiger partial charge in [-0.25, -0.2) is 4.79 Å². The molecule has 0 spiro atoms. The van der Waals surface area contributed by atoms with Gasteiger partial charge in [0.2, 0.25) is 0 Å². The fraction of sp³-hybridized carbons (Fsp3) is 0.211. The molecule has 2 aromatic heterocycles. The van der Waals surface area contributed by atoms with Gasteiger partial charge < -0.3 is 19.7 Å². The summed E-state index contributed by atoms with van der Waals surface area (Å²) in [7, 11) is 0. The van der Waals surface area contributed by atoms with Crippen LogP contribution in [0.2, 0.25) is 0 Å². The molecule has 1 aliphatic rings. The van der Waals surface area contributed by atoms with Gasteiger partial charge in [-0.05, 0) is 30.7 Å². The van der Waals surface area contributed by atoms with Crippen LogP contribution in [0.1, 0.15) is 16.8 Å². The molecule has 1 saturated heterocycles. The van der Waals surface area contributed by atoms with E-state index in [0.717, 1.165) is 22.2 Å². The van der Waals surface area contributed by atoms with Gasteiger partial charge in [0, 0.05) is 41.8 Å². The van der Waals surface area contributed by atoms with Gasteiger partial charge in [0.25, 0.3) is 5.91 Å². The molecule has 2 amide bonds. The molecule has 7 heteroatoms. The Morgan fingerprint density at radius 3 is 2.73 bits per heavy atom. The predicted molar refractivity (Wildman–Crippen MR) is 94.9 cm³/mol. The van der Waals surface area contributed by atoms with Gasteiger partial charge in [-0.2, -0.15) is 0 Å². The summed E-state index contributed by atoms with van der Waals surface area (Å²) in [6.45, 7) is 0.769. The van der Waals surface area contributed by atoms with Crippen molar-refractivity contribution in [1.82, 2.24) is 15.2 Å². The number of nitrogens with one attached hydrogen (secondary N) is 1. The quantitative estimate of drug-likeness (QED) is 0.756. The Morgan fingerprint density at radius 1 is 1.19 bits per heavy atom. The molecular weight excluding hydrogens is 334 g/mol. The summed E-state index contributed by atoms with van der Waals surface area (Å²) in [4.78, 5) is 29.1. The maximum absolute atomic E-state index is 12.4. The van der Waals surface area contributed by atoms with Gasteiger partial charge in [0.1, 0.15) is 5.58 Å². The highest BCUT2D eigenvalue weighted by Crippen LogP contribution is 2.27. The first kappa shape index (κ1) is 16.1. The molecule has 3 aromatic rings. The maximum atomic E-state index is 12.4. The van der Waals surface area contributed by atoms with E-state index in [2.05, 4.69) is 10.3 Å². The molecule has 0 saturated carbocycles. The van der Waals surface area contributed by atoms with E-state index < -0.39 is 6.09 Å². The standard InChI is InChI=1S/C19H17N3O4/c23-18(21-14-6-9-22(11-14)19(24)25)13-3-1-12(2-4-13)17-15-7-10-26-16(15)5-8-20-17/h1-5,7-8,10,14H,6,9,11H2,(H,21,23)(H,24,25)/t14-/m0/s1. The smallest absolute Gasteiger partial charge is 0.407 e. The van der Waals surface area contributed by atoms with Gasteiger partial charge >= 0.3 is 6.09 Å². The maximum Gasteiger partial charge on any atom is 0.407 e. The molecule has 1 aromatic carbocycles. The van der Waals surface area contributed by atoms with Gasteiger partial charge in [-0.1, -0.05) is 12.1 Å². The minimum absolute atomic E-state index is 0.153. The predicted octanol–water partition coefficient (Wildman–Crippen LogP) is 2.98. The van der Waals surface area contributed by atoms with E-state index in [1.165, 1.54) is 4.90 Å². The third kappa shape index (κ3) is 2.99. The number of furan rings is 1. The monoisotopic (exact) mass is 351 g/mol. The van der Waals surface area contributed by atoms with Gasteiger partial charge in [-0.3, -0.25) is 9.78 Å². The molecule has 0 bridgehead atoms. The molecule has 0 aliphatic carbocycles. The van der Waals surface area contributed by atoms with E-state index in [1.54, 1.807) is 24.6 Å². The molecule has 2 N–H and O–H groups in total. The lowest BCUT2D eigenvalue weighted by atomic mass is 10.1. The summed E-state index contributed by atoms with van der Waals surface area (Å²) >= 11 is 0. The van der Waals surface area contributed by atoms with Crippen LogP contribution in [0.3, 0.4) is 0 Å². The second kappa shape index (κ2) is 6.51. The third-order valence-corrected chi connectivity index (χ3v) is 4.59. The Bertz CT molecular complexity index is 964. The lowest BCUT2D eigenvalue weighted by Crippen LogP contribution is -2.38. The zero-order valence-corrected chi connectivity index (χ0v) is 13.9. The number of amides is 2. The first-order chi connectivity index (χ1) is 12.6.